The molecule has 1 aliphatic heterocycles. The number of hydrogen-bond acceptors (Lipinski definition) is 3. The Morgan fingerprint density at radius 1 is 0.419 bits per heavy atom. The fourth-order valence-corrected chi connectivity index (χ4v) is 6.55. The Labute approximate surface area is 248 Å². The largest absolute Gasteiger partial charge is 0.456 e. The number of hydrogen-bond donors (Lipinski definition) is 0. The molecule has 202 valence electrons. The van der Waals surface area contributed by atoms with Gasteiger partial charge in [0.2, 0.25) is 0 Å². The van der Waals surface area contributed by atoms with Crippen LogP contribution in [0.4, 0.5) is 17.1 Å². The van der Waals surface area contributed by atoms with Crippen molar-refractivity contribution in [2.24, 2.45) is 0 Å². The summed E-state index contributed by atoms with van der Waals surface area (Å²) in [4.78, 5) is 2.35. The maximum absolute atomic E-state index is 6.64. The van der Waals surface area contributed by atoms with Crippen LogP contribution in [0.25, 0.3) is 55.0 Å². The van der Waals surface area contributed by atoms with Gasteiger partial charge in [-0.1, -0.05) is 97.1 Å². The number of nitrogens with zero attached hydrogens (tertiary/aromatic N) is 1. The van der Waals surface area contributed by atoms with Crippen molar-refractivity contribution in [3.05, 3.63) is 152 Å². The highest BCUT2D eigenvalue weighted by Gasteiger charge is 2.25. The molecule has 0 N–H and O–H groups in total. The van der Waals surface area contributed by atoms with Gasteiger partial charge in [-0.3, -0.25) is 0 Å². The Hall–Kier alpha value is -5.80. The van der Waals surface area contributed by atoms with E-state index < -0.39 is 0 Å². The first kappa shape index (κ1) is 23.9. The number of rotatable bonds is 4. The molecule has 0 spiro atoms. The van der Waals surface area contributed by atoms with E-state index in [4.69, 9.17) is 9.15 Å². The van der Waals surface area contributed by atoms with Gasteiger partial charge in [-0.15, -0.1) is 0 Å². The molecule has 1 aliphatic rings. The van der Waals surface area contributed by atoms with Gasteiger partial charge in [-0.2, -0.15) is 0 Å². The molecule has 2 heterocycles. The van der Waals surface area contributed by atoms with Crippen LogP contribution in [0.15, 0.2) is 156 Å². The van der Waals surface area contributed by atoms with Crippen molar-refractivity contribution in [1.82, 2.24) is 0 Å². The minimum atomic E-state index is 0.868. The van der Waals surface area contributed by atoms with Crippen LogP contribution in [0.3, 0.4) is 0 Å². The smallest absolute Gasteiger partial charge is 0.137 e. The molecular weight excluding hydrogens is 526 g/mol. The third-order valence-electron chi connectivity index (χ3n) is 8.45. The summed E-state index contributed by atoms with van der Waals surface area (Å²) >= 11 is 0. The van der Waals surface area contributed by atoms with Crippen LogP contribution in [0.5, 0.6) is 11.5 Å². The highest BCUT2D eigenvalue weighted by Crippen LogP contribution is 2.52. The predicted molar refractivity (Wildman–Crippen MR) is 177 cm³/mol. The summed E-state index contributed by atoms with van der Waals surface area (Å²) in [5.74, 6) is 1.75. The first-order valence-electron chi connectivity index (χ1n) is 14.5. The van der Waals surface area contributed by atoms with Crippen LogP contribution < -0.4 is 9.64 Å². The van der Waals surface area contributed by atoms with Crippen molar-refractivity contribution in [2.75, 3.05) is 4.90 Å². The number of benzene rings is 7. The number of anilines is 3. The van der Waals surface area contributed by atoms with Crippen LogP contribution in [-0.2, 0) is 0 Å². The molecule has 7 aromatic carbocycles. The fourth-order valence-electron chi connectivity index (χ4n) is 6.55. The first-order chi connectivity index (χ1) is 21.3. The quantitative estimate of drug-likeness (QED) is 0.218. The normalized spacial score (nSPS) is 11.9. The van der Waals surface area contributed by atoms with E-state index in [1.165, 1.54) is 11.1 Å². The number of fused-ring (bicyclic) bond motifs is 5. The van der Waals surface area contributed by atoms with Gasteiger partial charge in [-0.25, -0.2) is 0 Å². The van der Waals surface area contributed by atoms with Gasteiger partial charge >= 0.3 is 0 Å². The van der Waals surface area contributed by atoms with Crippen molar-refractivity contribution in [2.45, 2.75) is 0 Å². The highest BCUT2D eigenvalue weighted by molar-refractivity contribution is 6.16. The lowest BCUT2D eigenvalue weighted by atomic mass is 9.92. The third-order valence-corrected chi connectivity index (χ3v) is 8.45. The zero-order valence-corrected chi connectivity index (χ0v) is 23.2. The van der Waals surface area contributed by atoms with Crippen LogP contribution in [0, 0.1) is 0 Å². The first-order valence-corrected chi connectivity index (χ1v) is 14.5. The van der Waals surface area contributed by atoms with Crippen molar-refractivity contribution >= 4 is 49.8 Å². The average Bonchev–Trinajstić information content (AvgIpc) is 3.46. The van der Waals surface area contributed by atoms with E-state index >= 15 is 0 Å². The molecule has 0 saturated carbocycles. The molecule has 0 amide bonds. The Morgan fingerprint density at radius 2 is 1.16 bits per heavy atom. The van der Waals surface area contributed by atoms with Crippen LogP contribution in [0.1, 0.15) is 0 Å². The standard InChI is InChI=1S/C40H25NO2/c1-3-11-26(12-4-1)27-21-22-29-30-16-9-17-31-33(23-24-37(39(30)31)43-38(29)25-27)41(28-13-5-2-6-14-28)34-18-10-20-36-40(34)32-15-7-8-19-35(32)42-36/h1-25H. The number of furan rings is 1. The Bertz CT molecular complexity index is 2320. The molecule has 9 rings (SSSR count). The van der Waals surface area contributed by atoms with Crippen molar-refractivity contribution in [3.8, 4) is 33.8 Å². The molecule has 43 heavy (non-hydrogen) atoms. The van der Waals surface area contributed by atoms with E-state index in [1.807, 2.05) is 24.3 Å². The Morgan fingerprint density at radius 3 is 2.05 bits per heavy atom. The van der Waals surface area contributed by atoms with Crippen molar-refractivity contribution in [3.63, 3.8) is 0 Å². The number of para-hydroxylation sites is 2. The second-order valence-corrected chi connectivity index (χ2v) is 10.9. The zero-order chi connectivity index (χ0) is 28.3. The monoisotopic (exact) mass is 551 g/mol. The van der Waals surface area contributed by atoms with E-state index in [1.54, 1.807) is 0 Å². The summed E-state index contributed by atoms with van der Waals surface area (Å²) in [6, 6.07) is 53.0. The van der Waals surface area contributed by atoms with Gasteiger partial charge in [-0.05, 0) is 71.3 Å². The molecule has 3 heteroatoms. The minimum absolute atomic E-state index is 0.868. The molecule has 8 aromatic rings. The van der Waals surface area contributed by atoms with Gasteiger partial charge in [0.05, 0.1) is 16.8 Å². The molecule has 1 aromatic heterocycles. The van der Waals surface area contributed by atoms with Gasteiger partial charge in [0.1, 0.15) is 22.7 Å². The van der Waals surface area contributed by atoms with E-state index in [9.17, 15) is 0 Å². The molecule has 0 aliphatic carbocycles. The Kier molecular flexibility index (Phi) is 5.20. The molecule has 0 atom stereocenters. The molecule has 0 bridgehead atoms. The summed E-state index contributed by atoms with van der Waals surface area (Å²) in [6.45, 7) is 0. The summed E-state index contributed by atoms with van der Waals surface area (Å²) in [5.41, 5.74) is 9.57. The maximum atomic E-state index is 6.64. The van der Waals surface area contributed by atoms with Crippen molar-refractivity contribution in [1.29, 1.82) is 0 Å². The molecule has 0 fully saturated rings. The molecule has 0 saturated heterocycles. The van der Waals surface area contributed by atoms with Gasteiger partial charge in [0.15, 0.2) is 0 Å². The summed E-state index contributed by atoms with van der Waals surface area (Å²) in [7, 11) is 0. The van der Waals surface area contributed by atoms with Gasteiger partial charge in [0.25, 0.3) is 0 Å². The van der Waals surface area contributed by atoms with E-state index in [-0.39, 0.29) is 0 Å². The second-order valence-electron chi connectivity index (χ2n) is 10.9. The van der Waals surface area contributed by atoms with Crippen molar-refractivity contribution < 1.29 is 9.15 Å². The number of ether oxygens (including phenoxy) is 1. The summed E-state index contributed by atoms with van der Waals surface area (Å²) < 4.78 is 12.9. The van der Waals surface area contributed by atoms with Gasteiger partial charge < -0.3 is 14.1 Å². The van der Waals surface area contributed by atoms with E-state index in [2.05, 4.69) is 132 Å². The summed E-state index contributed by atoms with van der Waals surface area (Å²) in [5, 5.41) is 4.44. The topological polar surface area (TPSA) is 25.6 Å². The lowest BCUT2D eigenvalue weighted by Crippen LogP contribution is -2.11. The predicted octanol–water partition coefficient (Wildman–Crippen LogP) is 11.6. The average molecular weight is 552 g/mol. The van der Waals surface area contributed by atoms with Crippen LogP contribution >= 0.6 is 0 Å². The zero-order valence-electron chi connectivity index (χ0n) is 23.2. The minimum Gasteiger partial charge on any atom is -0.456 e. The van der Waals surface area contributed by atoms with E-state index in [0.29, 0.717) is 0 Å². The highest BCUT2D eigenvalue weighted by atomic mass is 16.5. The Balaban J connectivity index is 1.29. The fraction of sp³-hybridized carbons (Fsp3) is 0. The summed E-state index contributed by atoms with van der Waals surface area (Å²) in [6.07, 6.45) is 0. The van der Waals surface area contributed by atoms with E-state index in [0.717, 1.165) is 72.4 Å². The molecule has 0 radical (unpaired) electrons. The molecule has 3 nitrogen and oxygen atoms in total. The van der Waals surface area contributed by atoms with Crippen LogP contribution in [0.2, 0.25) is 0 Å². The molecular formula is C40H25NO2. The second kappa shape index (κ2) is 9.37. The molecule has 0 unspecified atom stereocenters. The lowest BCUT2D eigenvalue weighted by Gasteiger charge is -2.29. The SMILES string of the molecule is c1ccc(-c2ccc3c(c2)Oc2ccc(N(c4ccccc4)c4cccc5oc6ccccc6c45)c4cccc-3c24)cc1. The maximum Gasteiger partial charge on any atom is 0.137 e. The lowest BCUT2D eigenvalue weighted by molar-refractivity contribution is 0.487. The third kappa shape index (κ3) is 3.68. The van der Waals surface area contributed by atoms with Crippen LogP contribution in [-0.4, -0.2) is 0 Å². The van der Waals surface area contributed by atoms with Gasteiger partial charge in [0, 0.05) is 27.4 Å².